The molecular formula is C17H24N2O2S. The van der Waals surface area contributed by atoms with E-state index in [9.17, 15) is 4.79 Å². The van der Waals surface area contributed by atoms with Crippen LogP contribution in [0.3, 0.4) is 0 Å². The van der Waals surface area contributed by atoms with Crippen molar-refractivity contribution in [3.05, 3.63) is 35.9 Å². The zero-order chi connectivity index (χ0) is 16.1. The summed E-state index contributed by atoms with van der Waals surface area (Å²) in [6.07, 6.45) is 1.76. The highest BCUT2D eigenvalue weighted by atomic mass is 32.1. The number of benzene rings is 1. The average Bonchev–Trinajstić information content (AvgIpc) is 2.53. The van der Waals surface area contributed by atoms with Gasteiger partial charge >= 0.3 is 5.97 Å². The van der Waals surface area contributed by atoms with E-state index < -0.39 is 0 Å². The summed E-state index contributed by atoms with van der Waals surface area (Å²) in [5, 5.41) is 4.07. The Morgan fingerprint density at radius 1 is 1.36 bits per heavy atom. The summed E-state index contributed by atoms with van der Waals surface area (Å²) >= 11 is 5.45. The fourth-order valence-corrected chi connectivity index (χ4v) is 3.64. The smallest absolute Gasteiger partial charge is 0.312 e. The first-order valence-electron chi connectivity index (χ1n) is 7.77. The van der Waals surface area contributed by atoms with Crippen molar-refractivity contribution in [2.45, 2.75) is 38.8 Å². The number of nitrogens with zero attached hydrogens (tertiary/aromatic N) is 1. The van der Waals surface area contributed by atoms with Crippen molar-refractivity contribution in [2.24, 2.45) is 5.92 Å². The van der Waals surface area contributed by atoms with Gasteiger partial charge in [0.1, 0.15) is 0 Å². The van der Waals surface area contributed by atoms with Gasteiger partial charge in [0.25, 0.3) is 0 Å². The average molecular weight is 320 g/mol. The van der Waals surface area contributed by atoms with Gasteiger partial charge in [-0.15, -0.1) is 0 Å². The number of nitrogens with one attached hydrogen (secondary N) is 1. The second-order valence-electron chi connectivity index (χ2n) is 5.66. The molecule has 0 aromatic heterocycles. The Hall–Kier alpha value is -1.62. The van der Waals surface area contributed by atoms with Gasteiger partial charge in [-0.05, 0) is 44.5 Å². The Kier molecular flexibility index (Phi) is 5.77. The molecule has 2 rings (SSSR count). The maximum Gasteiger partial charge on any atom is 0.312 e. The lowest BCUT2D eigenvalue weighted by atomic mass is 9.86. The molecule has 0 amide bonds. The van der Waals surface area contributed by atoms with Crippen LogP contribution in [0.4, 0.5) is 0 Å². The minimum atomic E-state index is -0.208. The van der Waals surface area contributed by atoms with Crippen LogP contribution in [-0.4, -0.2) is 41.7 Å². The van der Waals surface area contributed by atoms with Crippen LogP contribution in [0.5, 0.6) is 0 Å². The Bertz CT molecular complexity index is 521. The third-order valence-corrected chi connectivity index (χ3v) is 4.77. The minimum Gasteiger partial charge on any atom is -0.469 e. The molecule has 0 saturated carbocycles. The third-order valence-electron chi connectivity index (χ3n) is 4.42. The van der Waals surface area contributed by atoms with Crippen molar-refractivity contribution in [1.29, 1.82) is 0 Å². The lowest BCUT2D eigenvalue weighted by molar-refractivity contribution is -0.149. The summed E-state index contributed by atoms with van der Waals surface area (Å²) in [6.45, 7) is 4.88. The Labute approximate surface area is 137 Å². The standard InChI is InChI=1S/C17H24N2O2S/c1-4-19-12(2)15(16(20)21-3)14(18-17(19)22)11-10-13-8-6-5-7-9-13/h5-9,12,14-15H,4,10-11H2,1-3H3,(H,18,22)/t12-,14+,15-/m1/s1. The lowest BCUT2D eigenvalue weighted by Crippen LogP contribution is -2.63. The van der Waals surface area contributed by atoms with Crippen molar-refractivity contribution in [1.82, 2.24) is 10.2 Å². The summed E-state index contributed by atoms with van der Waals surface area (Å²) in [6, 6.07) is 10.4. The van der Waals surface area contributed by atoms with Gasteiger partial charge in [0.05, 0.1) is 13.0 Å². The largest absolute Gasteiger partial charge is 0.469 e. The first kappa shape index (κ1) is 16.7. The number of rotatable bonds is 5. The maximum absolute atomic E-state index is 12.2. The highest BCUT2D eigenvalue weighted by Gasteiger charge is 2.41. The van der Waals surface area contributed by atoms with Gasteiger partial charge in [0, 0.05) is 18.6 Å². The second-order valence-corrected chi connectivity index (χ2v) is 6.04. The molecule has 1 N–H and O–H groups in total. The molecule has 1 aromatic rings. The fraction of sp³-hybridized carbons (Fsp3) is 0.529. The molecule has 120 valence electrons. The zero-order valence-corrected chi connectivity index (χ0v) is 14.2. The fourth-order valence-electron chi connectivity index (χ4n) is 3.19. The first-order chi connectivity index (χ1) is 10.6. The molecule has 1 saturated heterocycles. The molecule has 0 unspecified atom stereocenters. The Morgan fingerprint density at radius 3 is 2.64 bits per heavy atom. The zero-order valence-electron chi connectivity index (χ0n) is 13.4. The van der Waals surface area contributed by atoms with Crippen LogP contribution in [-0.2, 0) is 16.0 Å². The molecule has 5 heteroatoms. The molecule has 22 heavy (non-hydrogen) atoms. The van der Waals surface area contributed by atoms with E-state index >= 15 is 0 Å². The molecule has 1 aliphatic rings. The van der Waals surface area contributed by atoms with Crippen LogP contribution in [0.25, 0.3) is 0 Å². The predicted molar refractivity (Wildman–Crippen MR) is 91.6 cm³/mol. The molecule has 3 atom stereocenters. The molecule has 0 spiro atoms. The van der Waals surface area contributed by atoms with Crippen molar-refractivity contribution < 1.29 is 9.53 Å². The van der Waals surface area contributed by atoms with Crippen LogP contribution in [0.15, 0.2) is 30.3 Å². The minimum absolute atomic E-state index is 0.0120. The number of hydrogen-bond donors (Lipinski definition) is 1. The van der Waals surface area contributed by atoms with Gasteiger partial charge in [0.2, 0.25) is 0 Å². The van der Waals surface area contributed by atoms with E-state index in [1.165, 1.54) is 12.7 Å². The molecule has 1 aromatic carbocycles. The van der Waals surface area contributed by atoms with Crippen LogP contribution in [0.2, 0.25) is 0 Å². The van der Waals surface area contributed by atoms with E-state index in [1.807, 2.05) is 32.0 Å². The summed E-state index contributed by atoms with van der Waals surface area (Å²) < 4.78 is 5.02. The maximum atomic E-state index is 12.2. The van der Waals surface area contributed by atoms with Gasteiger partial charge in [0.15, 0.2) is 5.11 Å². The van der Waals surface area contributed by atoms with Gasteiger partial charge in [-0.25, -0.2) is 0 Å². The van der Waals surface area contributed by atoms with Crippen LogP contribution in [0, 0.1) is 5.92 Å². The van der Waals surface area contributed by atoms with Crippen molar-refractivity contribution in [3.63, 3.8) is 0 Å². The van der Waals surface area contributed by atoms with Gasteiger partial charge in [-0.3, -0.25) is 4.79 Å². The number of thiocarbonyl (C=S) groups is 1. The SMILES string of the molecule is CCN1C(=S)N[C@@H](CCc2ccccc2)[C@H](C(=O)OC)[C@H]1C. The lowest BCUT2D eigenvalue weighted by Gasteiger charge is -2.44. The van der Waals surface area contributed by atoms with Crippen LogP contribution >= 0.6 is 12.2 Å². The van der Waals surface area contributed by atoms with E-state index in [0.29, 0.717) is 0 Å². The molecule has 0 aliphatic carbocycles. The van der Waals surface area contributed by atoms with E-state index in [4.69, 9.17) is 17.0 Å². The summed E-state index contributed by atoms with van der Waals surface area (Å²) in [4.78, 5) is 14.3. The molecule has 0 radical (unpaired) electrons. The highest BCUT2D eigenvalue weighted by molar-refractivity contribution is 7.80. The van der Waals surface area contributed by atoms with Gasteiger partial charge < -0.3 is 15.0 Å². The Balaban J connectivity index is 2.12. The number of carbonyl (C=O) groups excluding carboxylic acids is 1. The quantitative estimate of drug-likeness (QED) is 0.666. The molecule has 1 aliphatic heterocycles. The summed E-state index contributed by atoms with van der Waals surface area (Å²) in [5.41, 5.74) is 1.27. The van der Waals surface area contributed by atoms with E-state index in [2.05, 4.69) is 22.3 Å². The van der Waals surface area contributed by atoms with E-state index in [-0.39, 0.29) is 24.0 Å². The first-order valence-corrected chi connectivity index (χ1v) is 8.18. The normalized spacial score (nSPS) is 24.8. The molecule has 1 heterocycles. The number of methoxy groups -OCH3 is 1. The number of esters is 1. The van der Waals surface area contributed by atoms with Crippen molar-refractivity contribution in [2.75, 3.05) is 13.7 Å². The van der Waals surface area contributed by atoms with Crippen LogP contribution < -0.4 is 5.32 Å². The van der Waals surface area contributed by atoms with E-state index in [0.717, 1.165) is 24.5 Å². The Morgan fingerprint density at radius 2 is 2.05 bits per heavy atom. The number of carbonyl (C=O) groups is 1. The van der Waals surface area contributed by atoms with Gasteiger partial charge in [-0.2, -0.15) is 0 Å². The monoisotopic (exact) mass is 320 g/mol. The number of ether oxygens (including phenoxy) is 1. The highest BCUT2D eigenvalue weighted by Crippen LogP contribution is 2.25. The third kappa shape index (κ3) is 3.58. The topological polar surface area (TPSA) is 41.6 Å². The van der Waals surface area contributed by atoms with Crippen molar-refractivity contribution >= 4 is 23.3 Å². The number of aryl methyl sites for hydroxylation is 1. The molecule has 4 nitrogen and oxygen atoms in total. The summed E-state index contributed by atoms with van der Waals surface area (Å²) in [7, 11) is 1.45. The second kappa shape index (κ2) is 7.58. The van der Waals surface area contributed by atoms with E-state index in [1.54, 1.807) is 0 Å². The molecular weight excluding hydrogens is 296 g/mol. The summed E-state index contributed by atoms with van der Waals surface area (Å²) in [5.74, 6) is -0.376. The molecule has 1 fully saturated rings. The predicted octanol–water partition coefficient (Wildman–Crippen LogP) is 2.38. The molecule has 0 bridgehead atoms. The van der Waals surface area contributed by atoms with Crippen LogP contribution in [0.1, 0.15) is 25.8 Å². The van der Waals surface area contributed by atoms with Gasteiger partial charge in [-0.1, -0.05) is 30.3 Å². The number of hydrogen-bond acceptors (Lipinski definition) is 3. The van der Waals surface area contributed by atoms with Crippen molar-refractivity contribution in [3.8, 4) is 0 Å².